The fraction of sp³-hybridized carbons (Fsp3) is 0.333. The first-order valence-electron chi connectivity index (χ1n) is 12.2. The molecule has 38 heavy (non-hydrogen) atoms. The molecule has 3 aromatic rings. The van der Waals surface area contributed by atoms with Crippen LogP contribution in [-0.2, 0) is 10.4 Å². The van der Waals surface area contributed by atoms with Crippen molar-refractivity contribution in [3.05, 3.63) is 88.1 Å². The van der Waals surface area contributed by atoms with E-state index in [-0.39, 0.29) is 46.0 Å². The van der Waals surface area contributed by atoms with Gasteiger partial charge >= 0.3 is 0 Å². The van der Waals surface area contributed by atoms with Crippen molar-refractivity contribution >= 4 is 29.2 Å². The quantitative estimate of drug-likeness (QED) is 0.466. The summed E-state index contributed by atoms with van der Waals surface area (Å²) in [5.74, 6) is -1.72. The summed E-state index contributed by atoms with van der Waals surface area (Å²) in [4.78, 5) is 35.5. The summed E-state index contributed by atoms with van der Waals surface area (Å²) in [5, 5.41) is 14.4. The van der Waals surface area contributed by atoms with Gasteiger partial charge in [-0.25, -0.2) is 18.2 Å². The van der Waals surface area contributed by atoms with E-state index in [9.17, 15) is 27.9 Å². The van der Waals surface area contributed by atoms with Crippen LogP contribution >= 0.6 is 11.6 Å². The van der Waals surface area contributed by atoms with Crippen LogP contribution in [0.2, 0.25) is 5.02 Å². The Kier molecular flexibility index (Phi) is 7.11. The summed E-state index contributed by atoms with van der Waals surface area (Å²) in [5.41, 5.74) is -2.98. The van der Waals surface area contributed by atoms with Crippen LogP contribution in [0.3, 0.4) is 0 Å². The maximum Gasteiger partial charge on any atom is 0.281 e. The molecule has 0 saturated heterocycles. The molecule has 2 N–H and O–H groups in total. The van der Waals surface area contributed by atoms with Gasteiger partial charge in [-0.3, -0.25) is 19.5 Å². The smallest absolute Gasteiger partial charge is 0.281 e. The molecule has 0 bridgehead atoms. The number of amides is 2. The third kappa shape index (κ3) is 4.63. The molecule has 1 saturated carbocycles. The standard InChI is InChI=1S/C27H24ClF3N4O3/c28-16-12-18(22(23(30)31)33-13-16)25(36)34-17-9-7-15(8-10-17)14-35-24-20(5-3-11-32-24)27(38,26(35)37)19-4-1-2-6-21(19)29/h1-6,11-13,15,17,23,38H,7-10,14H2,(H,34,36). The molecule has 1 aliphatic heterocycles. The minimum atomic E-state index is -2.92. The van der Waals surface area contributed by atoms with E-state index in [0.717, 1.165) is 6.20 Å². The Morgan fingerprint density at radius 3 is 2.55 bits per heavy atom. The maximum absolute atomic E-state index is 14.7. The number of aliphatic hydroxyl groups is 1. The second-order valence-corrected chi connectivity index (χ2v) is 10.00. The van der Waals surface area contributed by atoms with Crippen molar-refractivity contribution < 1.29 is 27.9 Å². The summed E-state index contributed by atoms with van der Waals surface area (Å²) >= 11 is 5.86. The van der Waals surface area contributed by atoms with Crippen LogP contribution in [0, 0.1) is 11.7 Å². The molecule has 1 aliphatic carbocycles. The van der Waals surface area contributed by atoms with Crippen molar-refractivity contribution in [1.29, 1.82) is 0 Å². The number of fused-ring (bicyclic) bond motifs is 1. The molecule has 1 aromatic carbocycles. The number of benzene rings is 1. The fourth-order valence-electron chi connectivity index (χ4n) is 5.30. The second kappa shape index (κ2) is 10.3. The van der Waals surface area contributed by atoms with E-state index in [0.29, 0.717) is 25.7 Å². The maximum atomic E-state index is 14.7. The van der Waals surface area contributed by atoms with Crippen molar-refractivity contribution in [2.45, 2.75) is 43.8 Å². The number of halogens is 4. The predicted octanol–water partition coefficient (Wildman–Crippen LogP) is 4.78. The average Bonchev–Trinajstić information content (AvgIpc) is 3.12. The van der Waals surface area contributed by atoms with E-state index in [1.54, 1.807) is 18.2 Å². The molecule has 1 fully saturated rings. The molecule has 2 aromatic heterocycles. The van der Waals surface area contributed by atoms with Gasteiger partial charge in [-0.1, -0.05) is 29.8 Å². The zero-order valence-electron chi connectivity index (χ0n) is 20.1. The van der Waals surface area contributed by atoms with Crippen molar-refractivity contribution in [3.63, 3.8) is 0 Å². The fourth-order valence-corrected chi connectivity index (χ4v) is 5.46. The van der Waals surface area contributed by atoms with Crippen LogP contribution in [0.4, 0.5) is 19.0 Å². The van der Waals surface area contributed by atoms with Gasteiger partial charge in [0.15, 0.2) is 0 Å². The lowest BCUT2D eigenvalue weighted by atomic mass is 9.85. The average molecular weight is 545 g/mol. The van der Waals surface area contributed by atoms with Gasteiger partial charge < -0.3 is 10.4 Å². The Morgan fingerprint density at radius 2 is 1.84 bits per heavy atom. The molecule has 7 nitrogen and oxygen atoms in total. The molecule has 0 radical (unpaired) electrons. The summed E-state index contributed by atoms with van der Waals surface area (Å²) in [6.07, 6.45) is 2.05. The molecule has 5 rings (SSSR count). The largest absolute Gasteiger partial charge is 0.372 e. The highest BCUT2D eigenvalue weighted by Gasteiger charge is 2.53. The van der Waals surface area contributed by atoms with Crippen LogP contribution in [-0.4, -0.2) is 39.5 Å². The summed E-state index contributed by atoms with van der Waals surface area (Å²) in [6.45, 7) is 0.258. The number of alkyl halides is 2. The number of nitrogens with zero attached hydrogens (tertiary/aromatic N) is 3. The van der Waals surface area contributed by atoms with Gasteiger partial charge in [-0.2, -0.15) is 0 Å². The number of rotatable bonds is 6. The monoisotopic (exact) mass is 544 g/mol. The Bertz CT molecular complexity index is 1380. The SMILES string of the molecule is O=C(NC1CCC(CN2C(=O)C(O)(c3ccccc3F)c3cccnc32)CC1)c1cc(Cl)cnc1C(F)F. The Balaban J connectivity index is 1.27. The highest BCUT2D eigenvalue weighted by Crippen LogP contribution is 2.44. The molecule has 3 heterocycles. The number of aromatic nitrogens is 2. The van der Waals surface area contributed by atoms with E-state index < -0.39 is 35.4 Å². The molecular formula is C27H24ClF3N4O3. The number of carbonyl (C=O) groups excluding carboxylic acids is 2. The van der Waals surface area contributed by atoms with Crippen LogP contribution in [0.15, 0.2) is 54.9 Å². The number of hydrogen-bond acceptors (Lipinski definition) is 5. The van der Waals surface area contributed by atoms with Crippen LogP contribution in [0.25, 0.3) is 0 Å². The summed E-state index contributed by atoms with van der Waals surface area (Å²) in [7, 11) is 0. The topological polar surface area (TPSA) is 95.4 Å². The molecule has 1 atom stereocenters. The molecule has 0 spiro atoms. The number of pyridine rings is 2. The van der Waals surface area contributed by atoms with Crippen LogP contribution < -0.4 is 10.2 Å². The van der Waals surface area contributed by atoms with Crippen LogP contribution in [0.1, 0.15) is 59.3 Å². The van der Waals surface area contributed by atoms with Crippen molar-refractivity contribution in [2.24, 2.45) is 5.92 Å². The van der Waals surface area contributed by atoms with E-state index >= 15 is 0 Å². The third-order valence-corrected chi connectivity index (χ3v) is 7.42. The summed E-state index contributed by atoms with van der Waals surface area (Å²) in [6, 6.07) is 9.70. The number of nitrogens with one attached hydrogen (secondary N) is 1. The van der Waals surface area contributed by atoms with Crippen molar-refractivity contribution in [3.8, 4) is 0 Å². The first kappa shape index (κ1) is 26.1. The van der Waals surface area contributed by atoms with E-state index in [2.05, 4.69) is 15.3 Å². The lowest BCUT2D eigenvalue weighted by Gasteiger charge is -2.32. The van der Waals surface area contributed by atoms with E-state index in [1.165, 1.54) is 35.4 Å². The Morgan fingerprint density at radius 1 is 1.13 bits per heavy atom. The van der Waals surface area contributed by atoms with E-state index in [4.69, 9.17) is 11.6 Å². The first-order chi connectivity index (χ1) is 18.2. The van der Waals surface area contributed by atoms with Crippen molar-refractivity contribution in [1.82, 2.24) is 15.3 Å². The first-order valence-corrected chi connectivity index (χ1v) is 12.6. The lowest BCUT2D eigenvalue weighted by Crippen LogP contribution is -2.45. The van der Waals surface area contributed by atoms with E-state index in [1.807, 2.05) is 0 Å². The summed E-state index contributed by atoms with van der Waals surface area (Å²) < 4.78 is 41.3. The zero-order chi connectivity index (χ0) is 27.0. The van der Waals surface area contributed by atoms with Gasteiger partial charge in [-0.15, -0.1) is 0 Å². The van der Waals surface area contributed by atoms with Crippen molar-refractivity contribution in [2.75, 3.05) is 11.4 Å². The third-order valence-electron chi connectivity index (χ3n) is 7.21. The van der Waals surface area contributed by atoms with Gasteiger partial charge in [0.1, 0.15) is 17.3 Å². The lowest BCUT2D eigenvalue weighted by molar-refractivity contribution is -0.132. The molecule has 2 aliphatic rings. The number of anilines is 1. The molecule has 2 amide bonds. The van der Waals surface area contributed by atoms with Gasteiger partial charge in [0, 0.05) is 36.1 Å². The second-order valence-electron chi connectivity index (χ2n) is 9.56. The van der Waals surface area contributed by atoms with Gasteiger partial charge in [-0.05, 0) is 55.9 Å². The highest BCUT2D eigenvalue weighted by molar-refractivity contribution is 6.30. The van der Waals surface area contributed by atoms with Gasteiger partial charge in [0.25, 0.3) is 18.2 Å². The number of hydrogen-bond donors (Lipinski definition) is 2. The minimum absolute atomic E-state index is 0.0226. The Hall–Kier alpha value is -3.50. The normalized spacial score (nSPS) is 23.0. The zero-order valence-corrected chi connectivity index (χ0v) is 20.8. The van der Waals surface area contributed by atoms with Gasteiger partial charge in [0.2, 0.25) is 5.60 Å². The molecule has 198 valence electrons. The molecular weight excluding hydrogens is 521 g/mol. The molecule has 11 heteroatoms. The Labute approximate surface area is 221 Å². The minimum Gasteiger partial charge on any atom is -0.372 e. The predicted molar refractivity (Wildman–Crippen MR) is 133 cm³/mol. The number of carbonyl (C=O) groups is 2. The van der Waals surface area contributed by atoms with Gasteiger partial charge in [0.05, 0.1) is 10.6 Å². The highest BCUT2D eigenvalue weighted by atomic mass is 35.5. The molecule has 1 unspecified atom stereocenters. The van der Waals surface area contributed by atoms with Crippen LogP contribution in [0.5, 0.6) is 0 Å².